The molecule has 0 spiro atoms. The molecule has 130 valence electrons. The number of hydrogen-bond acceptors (Lipinski definition) is 3. The summed E-state index contributed by atoms with van der Waals surface area (Å²) in [5, 5.41) is 21.3. The number of halogens is 1. The van der Waals surface area contributed by atoms with Crippen LogP contribution in [0.1, 0.15) is 58.8 Å². The maximum absolute atomic E-state index is 12.5. The van der Waals surface area contributed by atoms with Crippen molar-refractivity contribution in [1.82, 2.24) is 0 Å². The van der Waals surface area contributed by atoms with Gasteiger partial charge in [-0.1, -0.05) is 29.8 Å². The molecule has 3 nitrogen and oxygen atoms in total. The van der Waals surface area contributed by atoms with Gasteiger partial charge in [0.15, 0.2) is 0 Å². The second kappa shape index (κ2) is 5.28. The number of alkyl halides is 1. The Morgan fingerprint density at radius 1 is 1.04 bits per heavy atom. The number of aliphatic hydroxyl groups is 2. The Hall–Kier alpha value is 0.0700. The lowest BCUT2D eigenvalue weighted by molar-refractivity contribution is -0.167. The van der Waals surface area contributed by atoms with Crippen LogP contribution in [-0.4, -0.2) is 33.0 Å². The monoisotopic (exact) mass is 384 g/mol. The first-order chi connectivity index (χ1) is 10.8. The summed E-state index contributed by atoms with van der Waals surface area (Å²) in [7, 11) is 0. The van der Waals surface area contributed by atoms with Crippen LogP contribution in [0.4, 0.5) is 0 Å². The fraction of sp³-hybridized carbons (Fsp3) is 0.947. The second-order valence-corrected chi connectivity index (χ2v) is 10.2. The molecule has 0 aliphatic heterocycles. The highest BCUT2D eigenvalue weighted by Crippen LogP contribution is 2.66. The molecule has 4 saturated carbocycles. The predicted molar refractivity (Wildman–Crippen MR) is 92.2 cm³/mol. The zero-order chi connectivity index (χ0) is 16.6. The van der Waals surface area contributed by atoms with E-state index < -0.39 is 0 Å². The molecular weight excluding hydrogens is 356 g/mol. The Morgan fingerprint density at radius 2 is 1.78 bits per heavy atom. The van der Waals surface area contributed by atoms with E-state index in [4.69, 9.17) is 0 Å². The van der Waals surface area contributed by atoms with Gasteiger partial charge in [-0.2, -0.15) is 0 Å². The number of aliphatic hydroxyl groups excluding tert-OH is 2. The van der Waals surface area contributed by atoms with Crippen molar-refractivity contribution < 1.29 is 15.0 Å². The van der Waals surface area contributed by atoms with Gasteiger partial charge in [0.05, 0.1) is 12.2 Å². The minimum absolute atomic E-state index is 0.0433. The molecule has 4 rings (SSSR count). The van der Waals surface area contributed by atoms with Gasteiger partial charge in [0.1, 0.15) is 5.78 Å². The molecule has 0 aromatic carbocycles. The van der Waals surface area contributed by atoms with E-state index in [1.54, 1.807) is 0 Å². The van der Waals surface area contributed by atoms with E-state index in [1.807, 2.05) is 0 Å². The lowest BCUT2D eigenvalue weighted by Crippen LogP contribution is -2.62. The van der Waals surface area contributed by atoms with E-state index in [-0.39, 0.29) is 33.8 Å². The van der Waals surface area contributed by atoms with Gasteiger partial charge in [0.25, 0.3) is 0 Å². The Morgan fingerprint density at radius 3 is 2.52 bits per heavy atom. The highest BCUT2D eigenvalue weighted by atomic mass is 79.9. The molecular formula is C19H29BrO3. The van der Waals surface area contributed by atoms with Crippen molar-refractivity contribution in [2.75, 3.05) is 0 Å². The summed E-state index contributed by atoms with van der Waals surface area (Å²) in [5.74, 6) is 1.83. The van der Waals surface area contributed by atoms with Crippen molar-refractivity contribution in [3.63, 3.8) is 0 Å². The van der Waals surface area contributed by atoms with Crippen molar-refractivity contribution in [3.05, 3.63) is 0 Å². The average molecular weight is 385 g/mol. The lowest BCUT2D eigenvalue weighted by atomic mass is 9.44. The SMILES string of the molecule is C[C@]12CCC(O)CC1C(Br)C(O)[C@@H]1[C@H]2CC[C@]2(C)C(=O)CC[C@@H]12. The highest BCUT2D eigenvalue weighted by Gasteiger charge is 2.64. The number of fused-ring (bicyclic) bond motifs is 5. The molecule has 4 aliphatic rings. The van der Waals surface area contributed by atoms with E-state index in [2.05, 4.69) is 29.8 Å². The quantitative estimate of drug-likeness (QED) is 0.629. The summed E-state index contributed by atoms with van der Waals surface area (Å²) in [5.41, 5.74) is -0.0174. The molecule has 4 aliphatic carbocycles. The van der Waals surface area contributed by atoms with Crippen LogP contribution in [0.25, 0.3) is 0 Å². The number of carbonyl (C=O) groups is 1. The second-order valence-electron chi connectivity index (χ2n) is 9.18. The van der Waals surface area contributed by atoms with Gasteiger partial charge in [-0.05, 0) is 67.6 Å². The summed E-state index contributed by atoms with van der Waals surface area (Å²) >= 11 is 3.80. The summed E-state index contributed by atoms with van der Waals surface area (Å²) in [6.45, 7) is 4.54. The first-order valence-corrected chi connectivity index (χ1v) is 10.2. The molecule has 0 bridgehead atoms. The summed E-state index contributed by atoms with van der Waals surface area (Å²) in [4.78, 5) is 12.5. The fourth-order valence-corrected chi connectivity index (χ4v) is 8.13. The molecule has 4 heteroatoms. The number of carbonyl (C=O) groups excluding carboxylic acids is 1. The molecule has 0 aromatic heterocycles. The van der Waals surface area contributed by atoms with Crippen molar-refractivity contribution in [3.8, 4) is 0 Å². The van der Waals surface area contributed by atoms with Crippen molar-refractivity contribution in [2.45, 2.75) is 75.8 Å². The van der Waals surface area contributed by atoms with Crippen LogP contribution >= 0.6 is 15.9 Å². The molecule has 0 amide bonds. The summed E-state index contributed by atoms with van der Waals surface area (Å²) in [6.07, 6.45) is 5.82. The van der Waals surface area contributed by atoms with Crippen LogP contribution in [0.15, 0.2) is 0 Å². The standard InChI is InChI=1S/C19H29BrO3/c1-18-7-5-10(21)9-13(18)16(20)17(23)15-11-3-4-14(22)19(11,2)8-6-12(15)18/h10-13,15-17,21,23H,3-9H2,1-2H3/t10?,11-,12+,13?,15-,16?,17?,18+,19-/m0/s1. The summed E-state index contributed by atoms with van der Waals surface area (Å²) in [6, 6.07) is 0. The van der Waals surface area contributed by atoms with Crippen LogP contribution in [0.2, 0.25) is 0 Å². The Kier molecular flexibility index (Phi) is 3.80. The third-order valence-corrected chi connectivity index (χ3v) is 9.56. The number of Topliss-reactive ketones (excluding diaryl/α,β-unsaturated/α-hetero) is 1. The van der Waals surface area contributed by atoms with Crippen LogP contribution < -0.4 is 0 Å². The number of ketones is 1. The van der Waals surface area contributed by atoms with Crippen LogP contribution in [-0.2, 0) is 4.79 Å². The Balaban J connectivity index is 1.73. The summed E-state index contributed by atoms with van der Waals surface area (Å²) < 4.78 is 0. The molecule has 0 heterocycles. The average Bonchev–Trinajstić information content (AvgIpc) is 2.82. The number of rotatable bonds is 0. The van der Waals surface area contributed by atoms with Gasteiger partial charge >= 0.3 is 0 Å². The van der Waals surface area contributed by atoms with Gasteiger partial charge in [-0.25, -0.2) is 0 Å². The molecule has 4 fully saturated rings. The molecule has 23 heavy (non-hydrogen) atoms. The Bertz CT molecular complexity index is 523. The highest BCUT2D eigenvalue weighted by molar-refractivity contribution is 9.09. The van der Waals surface area contributed by atoms with Crippen molar-refractivity contribution >= 4 is 21.7 Å². The smallest absolute Gasteiger partial charge is 0.139 e. The Labute approximate surface area is 147 Å². The first kappa shape index (κ1) is 16.5. The number of hydrogen-bond donors (Lipinski definition) is 2. The van der Waals surface area contributed by atoms with Crippen LogP contribution in [0.3, 0.4) is 0 Å². The largest absolute Gasteiger partial charge is 0.393 e. The predicted octanol–water partition coefficient (Wildman–Crippen LogP) is 3.30. The molecule has 9 atom stereocenters. The molecule has 4 unspecified atom stereocenters. The third-order valence-electron chi connectivity index (χ3n) is 8.38. The van der Waals surface area contributed by atoms with Crippen LogP contribution in [0, 0.1) is 34.5 Å². The van der Waals surface area contributed by atoms with Gasteiger partial charge < -0.3 is 10.2 Å². The van der Waals surface area contributed by atoms with Gasteiger partial charge in [-0.3, -0.25) is 4.79 Å². The molecule has 2 N–H and O–H groups in total. The lowest BCUT2D eigenvalue weighted by Gasteiger charge is -2.62. The van der Waals surface area contributed by atoms with Gasteiger partial charge in [0, 0.05) is 16.7 Å². The zero-order valence-corrected chi connectivity index (χ0v) is 15.8. The molecule has 0 radical (unpaired) electrons. The molecule has 0 saturated heterocycles. The van der Waals surface area contributed by atoms with Crippen LogP contribution in [0.5, 0.6) is 0 Å². The maximum atomic E-state index is 12.5. The normalized spacial score (nSPS) is 59.2. The van der Waals surface area contributed by atoms with Gasteiger partial charge in [0.2, 0.25) is 0 Å². The first-order valence-electron chi connectivity index (χ1n) is 9.32. The zero-order valence-electron chi connectivity index (χ0n) is 14.2. The minimum atomic E-state index is -0.390. The van der Waals surface area contributed by atoms with E-state index in [0.29, 0.717) is 30.0 Å². The maximum Gasteiger partial charge on any atom is 0.139 e. The van der Waals surface area contributed by atoms with Gasteiger partial charge in [-0.15, -0.1) is 0 Å². The van der Waals surface area contributed by atoms with E-state index >= 15 is 0 Å². The topological polar surface area (TPSA) is 57.5 Å². The minimum Gasteiger partial charge on any atom is -0.393 e. The van der Waals surface area contributed by atoms with Crippen molar-refractivity contribution in [2.24, 2.45) is 34.5 Å². The fourth-order valence-electron chi connectivity index (χ4n) is 6.96. The van der Waals surface area contributed by atoms with E-state index in [9.17, 15) is 15.0 Å². The van der Waals surface area contributed by atoms with E-state index in [0.717, 1.165) is 38.5 Å². The van der Waals surface area contributed by atoms with E-state index in [1.165, 1.54) is 0 Å². The molecule has 0 aromatic rings. The van der Waals surface area contributed by atoms with Crippen molar-refractivity contribution in [1.29, 1.82) is 0 Å². The third kappa shape index (κ3) is 2.10.